The van der Waals surface area contributed by atoms with E-state index in [1.807, 2.05) is 19.1 Å². The molecule has 1 saturated heterocycles. The van der Waals surface area contributed by atoms with Crippen molar-refractivity contribution in [3.05, 3.63) is 40.8 Å². The molecule has 0 spiro atoms. The lowest BCUT2D eigenvalue weighted by molar-refractivity contribution is -0.124. The summed E-state index contributed by atoms with van der Waals surface area (Å²) in [6.45, 7) is 2.73. The van der Waals surface area contributed by atoms with Crippen LogP contribution in [0.3, 0.4) is 0 Å². The van der Waals surface area contributed by atoms with Crippen molar-refractivity contribution in [1.29, 1.82) is 0 Å². The molecule has 2 aliphatic rings. The number of thiophene rings is 1. The van der Waals surface area contributed by atoms with Crippen LogP contribution in [0.5, 0.6) is 11.5 Å². The van der Waals surface area contributed by atoms with E-state index < -0.39 is 16.1 Å². The van der Waals surface area contributed by atoms with Gasteiger partial charge in [0.15, 0.2) is 11.5 Å². The number of aryl methyl sites for hydroxylation is 1. The zero-order valence-corrected chi connectivity index (χ0v) is 16.4. The number of ether oxygens (including phenoxy) is 2. The quantitative estimate of drug-likeness (QED) is 0.820. The number of carbonyl (C=O) groups is 1. The molecule has 1 fully saturated rings. The number of nitrogens with zero attached hydrogens (tertiary/aromatic N) is 1. The Labute approximate surface area is 161 Å². The number of amides is 1. The van der Waals surface area contributed by atoms with Crippen LogP contribution in [0, 0.1) is 6.92 Å². The van der Waals surface area contributed by atoms with E-state index in [0.717, 1.165) is 10.4 Å². The molecular formula is C18H20N2O5S2. The molecule has 1 aromatic carbocycles. The number of benzene rings is 1. The van der Waals surface area contributed by atoms with Crippen molar-refractivity contribution in [2.75, 3.05) is 13.3 Å². The van der Waals surface area contributed by atoms with Crippen LogP contribution in [-0.2, 0) is 21.4 Å². The molecular weight excluding hydrogens is 388 g/mol. The number of hydrogen-bond acceptors (Lipinski definition) is 6. The SMILES string of the molecule is Cc1ccc(S(=O)(=O)N2CCCC2C(=O)NCc2ccc3c(c2)OCO3)s1. The van der Waals surface area contributed by atoms with Gasteiger partial charge in [-0.05, 0) is 49.6 Å². The molecule has 0 bridgehead atoms. The molecule has 1 unspecified atom stereocenters. The van der Waals surface area contributed by atoms with Crippen molar-refractivity contribution >= 4 is 27.3 Å². The van der Waals surface area contributed by atoms with Crippen LogP contribution < -0.4 is 14.8 Å². The van der Waals surface area contributed by atoms with Crippen molar-refractivity contribution in [3.63, 3.8) is 0 Å². The summed E-state index contributed by atoms with van der Waals surface area (Å²) in [4.78, 5) is 13.6. The van der Waals surface area contributed by atoms with Crippen LogP contribution in [0.25, 0.3) is 0 Å². The second-order valence-electron chi connectivity index (χ2n) is 6.54. The van der Waals surface area contributed by atoms with Crippen molar-refractivity contribution < 1.29 is 22.7 Å². The lowest BCUT2D eigenvalue weighted by atomic mass is 10.2. The molecule has 27 heavy (non-hydrogen) atoms. The zero-order chi connectivity index (χ0) is 19.0. The number of hydrogen-bond donors (Lipinski definition) is 1. The van der Waals surface area contributed by atoms with E-state index in [1.165, 1.54) is 15.6 Å². The van der Waals surface area contributed by atoms with Crippen molar-refractivity contribution in [1.82, 2.24) is 9.62 Å². The van der Waals surface area contributed by atoms with Crippen LogP contribution in [0.4, 0.5) is 0 Å². The first-order chi connectivity index (χ1) is 12.9. The zero-order valence-electron chi connectivity index (χ0n) is 14.8. The molecule has 2 aromatic rings. The standard InChI is InChI=1S/C18H20N2O5S2/c1-12-4-7-17(26-12)27(22,23)20-8-2-3-14(20)18(21)19-10-13-5-6-15-16(9-13)25-11-24-15/h4-7,9,14H,2-3,8,10-11H2,1H3,(H,19,21). The third kappa shape index (κ3) is 3.54. The number of nitrogens with one attached hydrogen (secondary N) is 1. The summed E-state index contributed by atoms with van der Waals surface area (Å²) >= 11 is 1.23. The van der Waals surface area contributed by atoms with E-state index in [2.05, 4.69) is 5.32 Å². The van der Waals surface area contributed by atoms with Gasteiger partial charge in [0.2, 0.25) is 12.7 Å². The van der Waals surface area contributed by atoms with Gasteiger partial charge in [0.1, 0.15) is 10.3 Å². The minimum atomic E-state index is -3.65. The molecule has 7 nitrogen and oxygen atoms in total. The number of carbonyl (C=O) groups excluding carboxylic acids is 1. The van der Waals surface area contributed by atoms with E-state index in [4.69, 9.17) is 9.47 Å². The van der Waals surface area contributed by atoms with Crippen LogP contribution in [0.2, 0.25) is 0 Å². The minimum Gasteiger partial charge on any atom is -0.454 e. The molecule has 1 amide bonds. The first kappa shape index (κ1) is 18.3. The van der Waals surface area contributed by atoms with Gasteiger partial charge in [0, 0.05) is 18.0 Å². The van der Waals surface area contributed by atoms with Crippen LogP contribution >= 0.6 is 11.3 Å². The van der Waals surface area contributed by atoms with E-state index in [0.29, 0.717) is 37.4 Å². The molecule has 144 valence electrons. The Hall–Kier alpha value is -2.10. The Morgan fingerprint density at radius 2 is 2.07 bits per heavy atom. The summed E-state index contributed by atoms with van der Waals surface area (Å²) in [5.41, 5.74) is 0.869. The Bertz CT molecular complexity index is 970. The van der Waals surface area contributed by atoms with E-state index in [1.54, 1.807) is 18.2 Å². The average molecular weight is 409 g/mol. The number of rotatable bonds is 5. The third-order valence-corrected chi connectivity index (χ3v) is 8.06. The maximum absolute atomic E-state index is 12.9. The monoisotopic (exact) mass is 408 g/mol. The summed E-state index contributed by atoms with van der Waals surface area (Å²) in [5, 5.41) is 2.85. The molecule has 0 saturated carbocycles. The smallest absolute Gasteiger partial charge is 0.253 e. The van der Waals surface area contributed by atoms with Gasteiger partial charge >= 0.3 is 0 Å². The summed E-state index contributed by atoms with van der Waals surface area (Å²) in [7, 11) is -3.65. The lowest BCUT2D eigenvalue weighted by Gasteiger charge is -2.22. The molecule has 1 N–H and O–H groups in total. The van der Waals surface area contributed by atoms with Gasteiger partial charge in [-0.15, -0.1) is 11.3 Å². The van der Waals surface area contributed by atoms with Gasteiger partial charge in [-0.2, -0.15) is 4.31 Å². The van der Waals surface area contributed by atoms with Gasteiger partial charge in [-0.1, -0.05) is 6.07 Å². The molecule has 0 radical (unpaired) electrons. The van der Waals surface area contributed by atoms with Crippen LogP contribution in [0.15, 0.2) is 34.5 Å². The highest BCUT2D eigenvalue weighted by Crippen LogP contribution is 2.33. The minimum absolute atomic E-state index is 0.197. The fourth-order valence-electron chi connectivity index (χ4n) is 3.31. The van der Waals surface area contributed by atoms with E-state index in [9.17, 15) is 13.2 Å². The van der Waals surface area contributed by atoms with E-state index >= 15 is 0 Å². The summed E-state index contributed by atoms with van der Waals surface area (Å²) in [5.74, 6) is 1.06. The predicted octanol–water partition coefficient (Wildman–Crippen LogP) is 2.25. The molecule has 4 rings (SSSR count). The lowest BCUT2D eigenvalue weighted by Crippen LogP contribution is -2.45. The third-order valence-electron chi connectivity index (χ3n) is 4.69. The first-order valence-electron chi connectivity index (χ1n) is 8.70. The van der Waals surface area contributed by atoms with Gasteiger partial charge in [-0.3, -0.25) is 4.79 Å². The second kappa shape index (κ2) is 7.14. The van der Waals surface area contributed by atoms with Gasteiger partial charge in [-0.25, -0.2) is 8.42 Å². The van der Waals surface area contributed by atoms with Crippen molar-refractivity contribution in [2.45, 2.75) is 36.6 Å². The maximum Gasteiger partial charge on any atom is 0.253 e. The molecule has 3 heterocycles. The fourth-order valence-corrected chi connectivity index (χ4v) is 6.38. The van der Waals surface area contributed by atoms with E-state index in [-0.39, 0.29) is 16.9 Å². The van der Waals surface area contributed by atoms with Gasteiger partial charge < -0.3 is 14.8 Å². The number of fused-ring (bicyclic) bond motifs is 1. The maximum atomic E-state index is 12.9. The van der Waals surface area contributed by atoms with Gasteiger partial charge in [0.25, 0.3) is 10.0 Å². The predicted molar refractivity (Wildman–Crippen MR) is 100 cm³/mol. The first-order valence-corrected chi connectivity index (χ1v) is 11.0. The summed E-state index contributed by atoms with van der Waals surface area (Å²) in [6, 6.07) is 8.18. The highest BCUT2D eigenvalue weighted by Gasteiger charge is 2.39. The van der Waals surface area contributed by atoms with Crippen LogP contribution in [0.1, 0.15) is 23.3 Å². The molecule has 2 aliphatic heterocycles. The Kier molecular flexibility index (Phi) is 4.83. The highest BCUT2D eigenvalue weighted by atomic mass is 32.2. The average Bonchev–Trinajstić information content (AvgIpc) is 3.38. The van der Waals surface area contributed by atoms with Crippen molar-refractivity contribution in [3.8, 4) is 11.5 Å². The number of sulfonamides is 1. The molecule has 0 aliphatic carbocycles. The van der Waals surface area contributed by atoms with Crippen molar-refractivity contribution in [2.24, 2.45) is 0 Å². The molecule has 1 aromatic heterocycles. The highest BCUT2D eigenvalue weighted by molar-refractivity contribution is 7.91. The summed E-state index contributed by atoms with van der Waals surface area (Å²) < 4.78 is 38.0. The largest absolute Gasteiger partial charge is 0.454 e. The summed E-state index contributed by atoms with van der Waals surface area (Å²) in [6.07, 6.45) is 1.20. The van der Waals surface area contributed by atoms with Crippen LogP contribution in [-0.4, -0.2) is 38.0 Å². The topological polar surface area (TPSA) is 84.9 Å². The Morgan fingerprint density at radius 1 is 1.26 bits per heavy atom. The molecule has 9 heteroatoms. The molecule has 1 atom stereocenters. The fraction of sp³-hybridized carbons (Fsp3) is 0.389. The van der Waals surface area contributed by atoms with Gasteiger partial charge in [0.05, 0.1) is 0 Å². The normalized spacial score (nSPS) is 19.4. The second-order valence-corrected chi connectivity index (χ2v) is 9.95. The Morgan fingerprint density at radius 3 is 2.85 bits per heavy atom. The Balaban J connectivity index is 1.45.